The Hall–Kier alpha value is -3.32. The van der Waals surface area contributed by atoms with Gasteiger partial charge < -0.3 is 15.2 Å². The van der Waals surface area contributed by atoms with E-state index in [1.54, 1.807) is 10.7 Å². The van der Waals surface area contributed by atoms with E-state index in [1.807, 2.05) is 26.0 Å². The number of benzene rings is 2. The highest BCUT2D eigenvalue weighted by Crippen LogP contribution is 2.40. The lowest BCUT2D eigenvalue weighted by Crippen LogP contribution is -2.28. The number of hydrogen-bond acceptors (Lipinski definition) is 5. The van der Waals surface area contributed by atoms with Crippen LogP contribution in [0.3, 0.4) is 0 Å². The molecule has 0 fully saturated rings. The highest BCUT2D eigenvalue weighted by molar-refractivity contribution is 6.31. The van der Waals surface area contributed by atoms with Crippen LogP contribution in [-0.4, -0.2) is 33.7 Å². The van der Waals surface area contributed by atoms with E-state index in [-0.39, 0.29) is 29.6 Å². The predicted molar refractivity (Wildman–Crippen MR) is 113 cm³/mol. The zero-order chi connectivity index (χ0) is 21.6. The third-order valence-electron chi connectivity index (χ3n) is 5.35. The second-order valence-corrected chi connectivity index (χ2v) is 7.61. The average Bonchev–Trinajstić information content (AvgIpc) is 3.05. The fraction of sp³-hybridized carbons (Fsp3) is 0.227. The highest BCUT2D eigenvalue weighted by atomic mass is 35.5. The first-order valence-corrected chi connectivity index (χ1v) is 9.75. The van der Waals surface area contributed by atoms with Crippen LogP contribution in [0.5, 0.6) is 11.5 Å². The van der Waals surface area contributed by atoms with Gasteiger partial charge >= 0.3 is 0 Å². The van der Waals surface area contributed by atoms with Crippen LogP contribution >= 0.6 is 11.6 Å². The van der Waals surface area contributed by atoms with Crippen molar-refractivity contribution < 1.29 is 19.4 Å². The predicted octanol–water partition coefficient (Wildman–Crippen LogP) is 4.17. The molecule has 2 aromatic carbocycles. The van der Waals surface area contributed by atoms with Crippen molar-refractivity contribution in [3.05, 3.63) is 63.8 Å². The molecule has 1 aromatic heterocycles. The van der Waals surface area contributed by atoms with Crippen molar-refractivity contribution in [1.82, 2.24) is 9.78 Å². The molecule has 1 unspecified atom stereocenters. The molecule has 0 spiro atoms. The van der Waals surface area contributed by atoms with Gasteiger partial charge in [0.2, 0.25) is 5.91 Å². The van der Waals surface area contributed by atoms with Crippen LogP contribution in [-0.2, 0) is 4.79 Å². The number of ketones is 1. The lowest BCUT2D eigenvalue weighted by atomic mass is 9.85. The van der Waals surface area contributed by atoms with E-state index < -0.39 is 5.92 Å². The smallest absolute Gasteiger partial charge is 0.226 e. The molecule has 4 rings (SSSR count). The average molecular weight is 426 g/mol. The number of hydrogen-bond donors (Lipinski definition) is 2. The lowest BCUT2D eigenvalue weighted by molar-refractivity contribution is -0.116. The van der Waals surface area contributed by atoms with Crippen molar-refractivity contribution in [3.63, 3.8) is 0 Å². The number of phenols is 1. The van der Waals surface area contributed by atoms with Gasteiger partial charge in [-0.15, -0.1) is 0 Å². The molecule has 0 saturated heterocycles. The number of carbonyl (C=O) groups excluding carboxylic acids is 2. The second-order valence-electron chi connectivity index (χ2n) is 7.20. The number of phenolic OH excluding ortho intramolecular Hbond substituents is 1. The van der Waals surface area contributed by atoms with Gasteiger partial charge in [-0.3, -0.25) is 9.59 Å². The van der Waals surface area contributed by atoms with Gasteiger partial charge in [-0.1, -0.05) is 17.7 Å². The third-order valence-corrected chi connectivity index (χ3v) is 5.76. The molecule has 1 aliphatic heterocycles. The molecular weight excluding hydrogens is 406 g/mol. The number of fused-ring (bicyclic) bond motifs is 1. The number of Topliss-reactive ketones (excluding diaryl/α,β-unsaturated/α-hetero) is 1. The Morgan fingerprint density at radius 1 is 1.30 bits per heavy atom. The fourth-order valence-electron chi connectivity index (χ4n) is 3.80. The number of halogens is 1. The van der Waals surface area contributed by atoms with Crippen LogP contribution in [0, 0.1) is 13.8 Å². The molecule has 1 aliphatic rings. The van der Waals surface area contributed by atoms with E-state index in [0.717, 1.165) is 11.3 Å². The SMILES string of the molecule is COc1cc(C(=O)C2CC(=O)Nc3c2c(C)nn3-c2cccc(Cl)c2C)ccc1O. The molecule has 8 heteroatoms. The van der Waals surface area contributed by atoms with Gasteiger partial charge in [0.25, 0.3) is 0 Å². The molecule has 0 saturated carbocycles. The van der Waals surface area contributed by atoms with Crippen LogP contribution in [0.15, 0.2) is 36.4 Å². The van der Waals surface area contributed by atoms with Crippen LogP contribution in [0.2, 0.25) is 5.02 Å². The number of ether oxygens (including phenoxy) is 1. The molecule has 30 heavy (non-hydrogen) atoms. The van der Waals surface area contributed by atoms with Crippen LogP contribution in [0.4, 0.5) is 5.82 Å². The fourth-order valence-corrected chi connectivity index (χ4v) is 3.97. The van der Waals surface area contributed by atoms with Gasteiger partial charge in [-0.25, -0.2) is 4.68 Å². The van der Waals surface area contributed by atoms with Gasteiger partial charge in [0.15, 0.2) is 17.3 Å². The zero-order valence-electron chi connectivity index (χ0n) is 16.7. The van der Waals surface area contributed by atoms with Crippen molar-refractivity contribution in [2.45, 2.75) is 26.2 Å². The lowest BCUT2D eigenvalue weighted by Gasteiger charge is -2.23. The van der Waals surface area contributed by atoms with Crippen molar-refractivity contribution >= 4 is 29.1 Å². The summed E-state index contributed by atoms with van der Waals surface area (Å²) in [4.78, 5) is 25.8. The molecule has 2 heterocycles. The highest BCUT2D eigenvalue weighted by Gasteiger charge is 2.36. The Kier molecular flexibility index (Phi) is 4.99. The van der Waals surface area contributed by atoms with Crippen LogP contribution < -0.4 is 10.1 Å². The molecule has 1 atom stereocenters. The van der Waals surface area contributed by atoms with Crippen molar-refractivity contribution in [3.8, 4) is 17.2 Å². The standard InChI is InChI=1S/C22H20ClN3O4/c1-11-15(23)5-4-6-16(11)26-22-20(12(2)25-26)14(10-19(28)24-22)21(29)13-7-8-17(27)18(9-13)30-3/h4-9,14,27H,10H2,1-3H3,(H,24,28). The summed E-state index contributed by atoms with van der Waals surface area (Å²) >= 11 is 6.27. The Balaban J connectivity index is 1.83. The number of aromatic hydroxyl groups is 1. The van der Waals surface area contributed by atoms with Gasteiger partial charge in [0.05, 0.1) is 24.4 Å². The quantitative estimate of drug-likeness (QED) is 0.612. The number of rotatable bonds is 4. The van der Waals surface area contributed by atoms with E-state index in [0.29, 0.717) is 27.7 Å². The minimum Gasteiger partial charge on any atom is -0.504 e. The summed E-state index contributed by atoms with van der Waals surface area (Å²) in [5.74, 6) is -0.600. The maximum absolute atomic E-state index is 13.3. The number of nitrogens with one attached hydrogen (secondary N) is 1. The van der Waals surface area contributed by atoms with Crippen molar-refractivity contribution in [2.75, 3.05) is 12.4 Å². The van der Waals surface area contributed by atoms with E-state index >= 15 is 0 Å². The van der Waals surface area contributed by atoms with E-state index in [1.165, 1.54) is 25.3 Å². The number of amides is 1. The number of aromatic nitrogens is 2. The molecular formula is C22H20ClN3O4. The minimum atomic E-state index is -0.698. The third kappa shape index (κ3) is 3.21. The summed E-state index contributed by atoms with van der Waals surface area (Å²) in [7, 11) is 1.41. The van der Waals surface area contributed by atoms with Gasteiger partial charge in [-0.05, 0) is 49.7 Å². The Bertz CT molecular complexity index is 1190. The summed E-state index contributed by atoms with van der Waals surface area (Å²) in [6.07, 6.45) is 0.0100. The number of methoxy groups -OCH3 is 1. The largest absolute Gasteiger partial charge is 0.504 e. The normalized spacial score (nSPS) is 15.5. The number of aryl methyl sites for hydroxylation is 1. The number of anilines is 1. The second kappa shape index (κ2) is 7.50. The van der Waals surface area contributed by atoms with E-state index in [2.05, 4.69) is 10.4 Å². The summed E-state index contributed by atoms with van der Waals surface area (Å²) in [6, 6.07) is 9.85. The summed E-state index contributed by atoms with van der Waals surface area (Å²) in [6.45, 7) is 3.68. The van der Waals surface area contributed by atoms with E-state index in [9.17, 15) is 14.7 Å². The Labute approximate surface area is 178 Å². The molecule has 154 valence electrons. The monoisotopic (exact) mass is 425 g/mol. The first-order chi connectivity index (χ1) is 14.3. The van der Waals surface area contributed by atoms with Crippen LogP contribution in [0.1, 0.15) is 39.5 Å². The molecule has 2 N–H and O–H groups in total. The molecule has 0 aliphatic carbocycles. The topological polar surface area (TPSA) is 93.5 Å². The van der Waals surface area contributed by atoms with Crippen LogP contribution in [0.25, 0.3) is 5.69 Å². The zero-order valence-corrected chi connectivity index (χ0v) is 17.4. The first-order valence-electron chi connectivity index (χ1n) is 9.38. The Morgan fingerprint density at radius 2 is 2.07 bits per heavy atom. The first kappa shape index (κ1) is 20.0. The number of carbonyl (C=O) groups is 2. The Morgan fingerprint density at radius 3 is 2.80 bits per heavy atom. The summed E-state index contributed by atoms with van der Waals surface area (Å²) in [5.41, 5.74) is 3.21. The van der Waals surface area contributed by atoms with Gasteiger partial charge in [0, 0.05) is 22.6 Å². The molecule has 3 aromatic rings. The molecule has 0 radical (unpaired) electrons. The summed E-state index contributed by atoms with van der Waals surface area (Å²) < 4.78 is 6.74. The maximum atomic E-state index is 13.3. The maximum Gasteiger partial charge on any atom is 0.226 e. The molecule has 7 nitrogen and oxygen atoms in total. The van der Waals surface area contributed by atoms with Crippen molar-refractivity contribution in [1.29, 1.82) is 0 Å². The summed E-state index contributed by atoms with van der Waals surface area (Å²) in [5, 5.41) is 17.9. The van der Waals surface area contributed by atoms with Crippen molar-refractivity contribution in [2.24, 2.45) is 0 Å². The minimum absolute atomic E-state index is 0.0100. The van der Waals surface area contributed by atoms with Gasteiger partial charge in [-0.2, -0.15) is 5.10 Å². The van der Waals surface area contributed by atoms with E-state index in [4.69, 9.17) is 16.3 Å². The molecule has 0 bridgehead atoms. The number of nitrogens with zero attached hydrogens (tertiary/aromatic N) is 2. The van der Waals surface area contributed by atoms with Gasteiger partial charge in [0.1, 0.15) is 5.82 Å². The molecule has 1 amide bonds.